The van der Waals surface area contributed by atoms with E-state index in [1.807, 2.05) is 0 Å². The third-order valence-corrected chi connectivity index (χ3v) is 7.94. The monoisotopic (exact) mass is 626 g/mol. The summed E-state index contributed by atoms with van der Waals surface area (Å²) in [6.07, 6.45) is 0.611. The molecule has 39 heavy (non-hydrogen) atoms. The fourth-order valence-electron chi connectivity index (χ4n) is 3.30. The molecule has 0 atom stereocenters. The average Bonchev–Trinajstić information content (AvgIpc) is 2.83. The minimum absolute atomic E-state index is 0.0884. The van der Waals surface area contributed by atoms with Gasteiger partial charge in [-0.1, -0.05) is 17.2 Å². The highest BCUT2D eigenvalue weighted by atomic mass is 32.2. The maximum atomic E-state index is 12.0. The summed E-state index contributed by atoms with van der Waals surface area (Å²) in [5, 5.41) is 29.0. The lowest BCUT2D eigenvalue weighted by atomic mass is 10.1. The molecule has 0 aliphatic heterocycles. The SMILES string of the molecule is O=S(=O)(O)c1ccc2c(/N=N/c3ccc(CCCOSOOO)cc3S(=O)(=O)O)c(O)c(S(=O)(=O)O)cc2c1. The van der Waals surface area contributed by atoms with Gasteiger partial charge in [-0.2, -0.15) is 25.3 Å². The second-order valence-electron chi connectivity index (χ2n) is 7.52. The molecule has 212 valence electrons. The molecule has 3 aromatic rings. The molecule has 0 aliphatic carbocycles. The Morgan fingerprint density at radius 3 is 2.13 bits per heavy atom. The van der Waals surface area contributed by atoms with Gasteiger partial charge in [0, 0.05) is 5.39 Å². The third-order valence-electron chi connectivity index (χ3n) is 4.96. The van der Waals surface area contributed by atoms with Gasteiger partial charge in [0.15, 0.2) is 18.1 Å². The lowest BCUT2D eigenvalue weighted by molar-refractivity contribution is -0.434. The van der Waals surface area contributed by atoms with Gasteiger partial charge >= 0.3 is 0 Å². The molecular formula is C19H18N2O14S4. The largest absolute Gasteiger partial charge is 0.504 e. The van der Waals surface area contributed by atoms with E-state index >= 15 is 0 Å². The van der Waals surface area contributed by atoms with Gasteiger partial charge in [-0.15, -0.1) is 14.6 Å². The molecule has 0 unspecified atom stereocenters. The van der Waals surface area contributed by atoms with Gasteiger partial charge in [0.2, 0.25) is 0 Å². The quantitative estimate of drug-likeness (QED) is 0.0480. The zero-order chi connectivity index (χ0) is 29.0. The first kappa shape index (κ1) is 30.8. The number of fused-ring (bicyclic) bond motifs is 1. The van der Waals surface area contributed by atoms with E-state index in [9.17, 15) is 44.0 Å². The predicted octanol–water partition coefficient (Wildman–Crippen LogP) is 3.63. The summed E-state index contributed by atoms with van der Waals surface area (Å²) in [5.41, 5.74) is -0.592. The van der Waals surface area contributed by atoms with E-state index in [0.717, 1.165) is 30.3 Å². The number of benzene rings is 3. The summed E-state index contributed by atoms with van der Waals surface area (Å²) >= 11 is 0.357. The number of hydrogen-bond acceptors (Lipinski definition) is 14. The Balaban J connectivity index is 2.07. The van der Waals surface area contributed by atoms with Crippen molar-refractivity contribution in [2.75, 3.05) is 6.61 Å². The molecular weight excluding hydrogens is 608 g/mol. The number of phenolic OH excluding ortho intramolecular Hbond substituents is 1. The molecule has 20 heteroatoms. The molecule has 0 heterocycles. The van der Waals surface area contributed by atoms with Crippen LogP contribution in [0.4, 0.5) is 11.4 Å². The number of phenols is 1. The number of hydrogen-bond donors (Lipinski definition) is 5. The smallest absolute Gasteiger partial charge is 0.298 e. The van der Waals surface area contributed by atoms with Crippen LogP contribution in [-0.4, -0.2) is 55.9 Å². The van der Waals surface area contributed by atoms with Crippen LogP contribution in [0.5, 0.6) is 5.75 Å². The van der Waals surface area contributed by atoms with Crippen LogP contribution in [0.25, 0.3) is 10.8 Å². The van der Waals surface area contributed by atoms with Gasteiger partial charge in [-0.05, 0) is 54.1 Å². The summed E-state index contributed by atoms with van der Waals surface area (Å²) in [6, 6.07) is 7.27. The normalized spacial score (nSPS) is 12.9. The average molecular weight is 627 g/mol. The molecule has 0 radical (unpaired) electrons. The molecule has 0 saturated carbocycles. The Morgan fingerprint density at radius 2 is 1.51 bits per heavy atom. The van der Waals surface area contributed by atoms with E-state index in [1.54, 1.807) is 0 Å². The molecule has 0 fully saturated rings. The molecule has 3 rings (SSSR count). The summed E-state index contributed by atoms with van der Waals surface area (Å²) in [7, 11) is -14.6. The zero-order valence-electron chi connectivity index (χ0n) is 19.1. The minimum Gasteiger partial charge on any atom is -0.504 e. The summed E-state index contributed by atoms with van der Waals surface area (Å²) in [5.74, 6) is -1.09. The van der Waals surface area contributed by atoms with Crippen LogP contribution in [0.1, 0.15) is 12.0 Å². The van der Waals surface area contributed by atoms with E-state index in [2.05, 4.69) is 19.6 Å². The topological polar surface area (TPSA) is 256 Å². The summed E-state index contributed by atoms with van der Waals surface area (Å²) in [6.45, 7) is 0.104. The van der Waals surface area contributed by atoms with Crippen molar-refractivity contribution in [3.63, 3.8) is 0 Å². The third kappa shape index (κ3) is 7.89. The van der Waals surface area contributed by atoms with Crippen LogP contribution in [-0.2, 0) is 50.3 Å². The summed E-state index contributed by atoms with van der Waals surface area (Å²) in [4.78, 5) is -2.38. The second-order valence-corrected chi connectivity index (χ2v) is 12.2. The van der Waals surface area contributed by atoms with E-state index in [0.29, 0.717) is 24.3 Å². The first-order valence-electron chi connectivity index (χ1n) is 10.2. The van der Waals surface area contributed by atoms with Gasteiger partial charge in [-0.3, -0.25) is 17.8 Å². The van der Waals surface area contributed by atoms with Crippen LogP contribution in [0.3, 0.4) is 0 Å². The van der Waals surface area contributed by atoms with E-state index in [-0.39, 0.29) is 23.8 Å². The molecule has 5 N–H and O–H groups in total. The molecule has 0 aliphatic rings. The van der Waals surface area contributed by atoms with E-state index in [1.165, 1.54) is 12.1 Å². The zero-order valence-corrected chi connectivity index (χ0v) is 22.4. The fraction of sp³-hybridized carbons (Fsp3) is 0.158. The number of rotatable bonds is 12. The standard InChI is InChI=1S/C19H18N2O14S4/c22-19-17(39(30,31)32)10-12-9-13(37(24,25)26)4-5-14(12)18(19)21-20-15-6-3-11(8-16(15)38(27,28)29)2-1-7-33-36-35-34-23/h3-6,8-10,22-23H,1-2,7H2,(H,24,25,26)(H,27,28,29)(H,30,31,32)/b21-20+. The van der Waals surface area contributed by atoms with Gasteiger partial charge in [0.25, 0.3) is 30.4 Å². The van der Waals surface area contributed by atoms with Crippen molar-refractivity contribution >= 4 is 64.8 Å². The van der Waals surface area contributed by atoms with E-state index in [4.69, 9.17) is 9.44 Å². The first-order valence-corrected chi connectivity index (χ1v) is 15.1. The Kier molecular flexibility index (Phi) is 9.61. The lowest BCUT2D eigenvalue weighted by Gasteiger charge is -2.10. The molecule has 0 bridgehead atoms. The maximum Gasteiger partial charge on any atom is 0.298 e. The molecule has 16 nitrogen and oxygen atoms in total. The minimum atomic E-state index is -5.07. The Morgan fingerprint density at radius 1 is 0.821 bits per heavy atom. The fourth-order valence-corrected chi connectivity index (χ4v) is 5.35. The van der Waals surface area contributed by atoms with Crippen LogP contribution >= 0.6 is 12.3 Å². The van der Waals surface area contributed by atoms with Crippen molar-refractivity contribution in [2.24, 2.45) is 10.2 Å². The van der Waals surface area contributed by atoms with Crippen molar-refractivity contribution in [1.82, 2.24) is 0 Å². The Hall–Kier alpha value is -2.76. The van der Waals surface area contributed by atoms with Gasteiger partial charge in [-0.25, -0.2) is 5.26 Å². The lowest BCUT2D eigenvalue weighted by Crippen LogP contribution is -2.01. The van der Waals surface area contributed by atoms with Crippen molar-refractivity contribution in [2.45, 2.75) is 27.5 Å². The van der Waals surface area contributed by atoms with E-state index < -0.39 is 62.2 Å². The number of azo groups is 1. The number of aromatic hydroxyl groups is 1. The van der Waals surface area contributed by atoms with Crippen molar-refractivity contribution in [3.8, 4) is 5.75 Å². The van der Waals surface area contributed by atoms with Crippen molar-refractivity contribution in [3.05, 3.63) is 48.0 Å². The molecule has 0 saturated heterocycles. The van der Waals surface area contributed by atoms with Crippen LogP contribution < -0.4 is 0 Å². The van der Waals surface area contributed by atoms with Gasteiger partial charge < -0.3 is 5.11 Å². The highest BCUT2D eigenvalue weighted by Crippen LogP contribution is 2.42. The van der Waals surface area contributed by atoms with Crippen LogP contribution in [0.15, 0.2) is 67.4 Å². The summed E-state index contributed by atoms with van der Waals surface area (Å²) < 4.78 is 108. The van der Waals surface area contributed by atoms with Crippen LogP contribution in [0, 0.1) is 0 Å². The number of nitrogens with zero attached hydrogens (tertiary/aromatic N) is 2. The molecule has 3 aromatic carbocycles. The Labute approximate surface area is 225 Å². The highest BCUT2D eigenvalue weighted by molar-refractivity contribution is 7.89. The van der Waals surface area contributed by atoms with Crippen LogP contribution in [0.2, 0.25) is 0 Å². The molecule has 0 aromatic heterocycles. The van der Waals surface area contributed by atoms with Gasteiger partial charge in [0.1, 0.15) is 21.2 Å². The molecule has 0 amide bonds. The second kappa shape index (κ2) is 12.2. The number of aryl methyl sites for hydroxylation is 1. The maximum absolute atomic E-state index is 12.0. The highest BCUT2D eigenvalue weighted by Gasteiger charge is 2.23. The van der Waals surface area contributed by atoms with Crippen molar-refractivity contribution < 1.29 is 62.8 Å². The van der Waals surface area contributed by atoms with Crippen molar-refractivity contribution in [1.29, 1.82) is 0 Å². The Bertz CT molecular complexity index is 1740. The predicted molar refractivity (Wildman–Crippen MR) is 132 cm³/mol. The molecule has 0 spiro atoms. The van der Waals surface area contributed by atoms with Gasteiger partial charge in [0.05, 0.1) is 11.5 Å². The first-order chi connectivity index (χ1) is 18.1.